The maximum Gasteiger partial charge on any atom is 0.206 e. The Morgan fingerprint density at radius 3 is 2.76 bits per heavy atom. The largest absolute Gasteiger partial charge is 0.353 e. The first-order valence-electron chi connectivity index (χ1n) is 6.34. The van der Waals surface area contributed by atoms with Crippen molar-refractivity contribution in [2.45, 2.75) is 13.0 Å². The second kappa shape index (κ2) is 6.19. The molecule has 1 aromatic carbocycles. The van der Waals surface area contributed by atoms with Crippen molar-refractivity contribution in [1.29, 1.82) is 0 Å². The lowest BCUT2D eigenvalue weighted by atomic mass is 10.2. The van der Waals surface area contributed by atoms with Crippen molar-refractivity contribution in [3.8, 4) is 0 Å². The molecular weight excluding hydrogens is 308 g/mol. The fraction of sp³-hybridized carbons (Fsp3) is 0.231. The molecule has 0 fully saturated rings. The van der Waals surface area contributed by atoms with Gasteiger partial charge in [0, 0.05) is 18.5 Å². The van der Waals surface area contributed by atoms with Crippen LogP contribution in [-0.4, -0.2) is 25.0 Å². The van der Waals surface area contributed by atoms with Crippen LogP contribution in [0.2, 0.25) is 5.02 Å². The van der Waals surface area contributed by atoms with E-state index in [0.717, 1.165) is 33.0 Å². The van der Waals surface area contributed by atoms with Crippen molar-refractivity contribution < 1.29 is 0 Å². The molecule has 0 amide bonds. The third-order valence-electron chi connectivity index (χ3n) is 2.94. The Bertz CT molecular complexity index is 720. The molecule has 2 heterocycles. The van der Waals surface area contributed by atoms with Crippen molar-refractivity contribution in [3.63, 3.8) is 0 Å². The molecule has 21 heavy (non-hydrogen) atoms. The summed E-state index contributed by atoms with van der Waals surface area (Å²) in [6, 6.07) is 7.75. The van der Waals surface area contributed by atoms with E-state index < -0.39 is 0 Å². The maximum absolute atomic E-state index is 5.87. The smallest absolute Gasteiger partial charge is 0.206 e. The van der Waals surface area contributed by atoms with Gasteiger partial charge in [-0.3, -0.25) is 4.68 Å². The van der Waals surface area contributed by atoms with Crippen LogP contribution >= 0.6 is 22.9 Å². The number of halogens is 1. The molecule has 1 N–H and O–H groups in total. The maximum atomic E-state index is 5.87. The lowest BCUT2D eigenvalue weighted by Gasteiger charge is -2.00. The standard InChI is InChI=1S/C13H13ClN6S/c1-20-11(16-8-17-20)7-15-13-19-18-12(21-13)6-9-2-4-10(14)5-3-9/h2-5,8H,6-7H2,1H3,(H,15,19). The Hall–Kier alpha value is -1.99. The minimum absolute atomic E-state index is 0.575. The van der Waals surface area contributed by atoms with E-state index in [9.17, 15) is 0 Å². The van der Waals surface area contributed by atoms with Crippen molar-refractivity contribution in [2.24, 2.45) is 7.05 Å². The molecule has 6 nitrogen and oxygen atoms in total. The van der Waals surface area contributed by atoms with Gasteiger partial charge in [0.25, 0.3) is 0 Å². The van der Waals surface area contributed by atoms with Crippen molar-refractivity contribution in [1.82, 2.24) is 25.0 Å². The molecule has 0 unspecified atom stereocenters. The molecule has 0 bridgehead atoms. The highest BCUT2D eigenvalue weighted by Gasteiger charge is 2.06. The van der Waals surface area contributed by atoms with Gasteiger partial charge < -0.3 is 5.32 Å². The predicted octanol–water partition coefficient (Wildman–Crippen LogP) is 2.52. The zero-order chi connectivity index (χ0) is 14.7. The van der Waals surface area contributed by atoms with Crippen LogP contribution in [0.1, 0.15) is 16.4 Å². The summed E-state index contributed by atoms with van der Waals surface area (Å²) >= 11 is 7.41. The van der Waals surface area contributed by atoms with Crippen LogP contribution in [0.5, 0.6) is 0 Å². The van der Waals surface area contributed by atoms with E-state index in [4.69, 9.17) is 11.6 Å². The highest BCUT2D eigenvalue weighted by atomic mass is 35.5. The van der Waals surface area contributed by atoms with Gasteiger partial charge in [-0.1, -0.05) is 35.1 Å². The molecule has 0 aliphatic carbocycles. The van der Waals surface area contributed by atoms with Gasteiger partial charge >= 0.3 is 0 Å². The molecule has 0 aliphatic heterocycles. The molecule has 0 aliphatic rings. The zero-order valence-corrected chi connectivity index (χ0v) is 12.9. The van der Waals surface area contributed by atoms with Gasteiger partial charge in [0.2, 0.25) is 5.13 Å². The van der Waals surface area contributed by atoms with Gasteiger partial charge in [0.15, 0.2) is 0 Å². The minimum Gasteiger partial charge on any atom is -0.353 e. The molecule has 108 valence electrons. The van der Waals surface area contributed by atoms with Gasteiger partial charge in [-0.25, -0.2) is 4.98 Å². The lowest BCUT2D eigenvalue weighted by Crippen LogP contribution is -2.06. The normalized spacial score (nSPS) is 10.8. The van der Waals surface area contributed by atoms with E-state index in [-0.39, 0.29) is 0 Å². The number of benzene rings is 1. The number of nitrogens with one attached hydrogen (secondary N) is 1. The first-order valence-corrected chi connectivity index (χ1v) is 7.54. The van der Waals surface area contributed by atoms with Gasteiger partial charge in [-0.2, -0.15) is 5.10 Å². The van der Waals surface area contributed by atoms with Crippen LogP contribution in [0.4, 0.5) is 5.13 Å². The van der Waals surface area contributed by atoms with Gasteiger partial charge in [-0.05, 0) is 17.7 Å². The fourth-order valence-electron chi connectivity index (χ4n) is 1.81. The summed E-state index contributed by atoms with van der Waals surface area (Å²) in [5.74, 6) is 0.851. The van der Waals surface area contributed by atoms with E-state index >= 15 is 0 Å². The fourth-order valence-corrected chi connectivity index (χ4v) is 2.70. The number of hydrogen-bond acceptors (Lipinski definition) is 6. The number of aryl methyl sites for hydroxylation is 1. The van der Waals surface area contributed by atoms with Gasteiger partial charge in [-0.15, -0.1) is 10.2 Å². The van der Waals surface area contributed by atoms with Crippen molar-refractivity contribution >= 4 is 28.1 Å². The minimum atomic E-state index is 0.575. The first kappa shape index (κ1) is 14.0. The van der Waals surface area contributed by atoms with E-state index in [2.05, 4.69) is 25.6 Å². The van der Waals surface area contributed by atoms with Crippen LogP contribution < -0.4 is 5.32 Å². The third kappa shape index (κ3) is 3.56. The average molecular weight is 321 g/mol. The van der Waals surface area contributed by atoms with Crippen LogP contribution in [-0.2, 0) is 20.0 Å². The highest BCUT2D eigenvalue weighted by Crippen LogP contribution is 2.20. The van der Waals surface area contributed by atoms with Crippen molar-refractivity contribution in [2.75, 3.05) is 5.32 Å². The molecule has 2 aromatic heterocycles. The van der Waals surface area contributed by atoms with Crippen LogP contribution in [0.25, 0.3) is 0 Å². The number of aromatic nitrogens is 5. The SMILES string of the molecule is Cn1ncnc1CNc1nnc(Cc2ccc(Cl)cc2)s1. The summed E-state index contributed by atoms with van der Waals surface area (Å²) in [7, 11) is 1.86. The Labute approximate surface area is 130 Å². The molecule has 0 saturated carbocycles. The summed E-state index contributed by atoms with van der Waals surface area (Å²) in [6.07, 6.45) is 2.28. The predicted molar refractivity (Wildman–Crippen MR) is 82.5 cm³/mol. The second-order valence-electron chi connectivity index (χ2n) is 4.46. The summed E-state index contributed by atoms with van der Waals surface area (Å²) in [4.78, 5) is 4.15. The Morgan fingerprint density at radius 2 is 2.05 bits per heavy atom. The molecule has 0 saturated heterocycles. The van der Waals surface area contributed by atoms with Gasteiger partial charge in [0.05, 0.1) is 6.54 Å². The number of nitrogens with zero attached hydrogens (tertiary/aromatic N) is 5. The summed E-state index contributed by atoms with van der Waals surface area (Å²) in [5.41, 5.74) is 1.16. The summed E-state index contributed by atoms with van der Waals surface area (Å²) in [5, 5.41) is 18.0. The second-order valence-corrected chi connectivity index (χ2v) is 5.96. The molecular formula is C13H13ClN6S. The van der Waals surface area contributed by atoms with Crippen LogP contribution in [0.15, 0.2) is 30.6 Å². The van der Waals surface area contributed by atoms with Crippen LogP contribution in [0.3, 0.4) is 0 Å². The third-order valence-corrected chi connectivity index (χ3v) is 4.07. The topological polar surface area (TPSA) is 68.5 Å². The average Bonchev–Trinajstić information content (AvgIpc) is 3.08. The lowest BCUT2D eigenvalue weighted by molar-refractivity contribution is 0.711. The summed E-state index contributed by atoms with van der Waals surface area (Å²) < 4.78 is 1.72. The van der Waals surface area contributed by atoms with E-state index in [1.54, 1.807) is 4.68 Å². The van der Waals surface area contributed by atoms with Crippen LogP contribution in [0, 0.1) is 0 Å². The number of anilines is 1. The Balaban J connectivity index is 1.61. The highest BCUT2D eigenvalue weighted by molar-refractivity contribution is 7.15. The molecule has 3 aromatic rings. The van der Waals surface area contributed by atoms with E-state index in [0.29, 0.717) is 6.54 Å². The molecule has 0 atom stereocenters. The number of hydrogen-bond donors (Lipinski definition) is 1. The zero-order valence-electron chi connectivity index (χ0n) is 11.3. The molecule has 3 rings (SSSR count). The monoisotopic (exact) mass is 320 g/mol. The van der Waals surface area contributed by atoms with E-state index in [1.807, 2.05) is 31.3 Å². The Kier molecular flexibility index (Phi) is 4.12. The molecule has 0 spiro atoms. The van der Waals surface area contributed by atoms with Gasteiger partial charge in [0.1, 0.15) is 17.2 Å². The molecule has 8 heteroatoms. The first-order chi connectivity index (χ1) is 10.2. The Morgan fingerprint density at radius 1 is 1.24 bits per heavy atom. The quantitative estimate of drug-likeness (QED) is 0.782. The summed E-state index contributed by atoms with van der Waals surface area (Å²) in [6.45, 7) is 0.575. The number of rotatable bonds is 5. The van der Waals surface area contributed by atoms with Crippen molar-refractivity contribution in [3.05, 3.63) is 52.0 Å². The molecule has 0 radical (unpaired) electrons. The van der Waals surface area contributed by atoms with E-state index in [1.165, 1.54) is 17.7 Å².